The van der Waals surface area contributed by atoms with Crippen molar-refractivity contribution in [3.8, 4) is 11.1 Å². The molecule has 1 saturated heterocycles. The predicted molar refractivity (Wildman–Crippen MR) is 130 cm³/mol. The van der Waals surface area contributed by atoms with Crippen LogP contribution in [0, 0.1) is 0 Å². The maximum absolute atomic E-state index is 12.7. The van der Waals surface area contributed by atoms with Gasteiger partial charge in [0.05, 0.1) is 0 Å². The Morgan fingerprint density at radius 2 is 1.72 bits per heavy atom. The summed E-state index contributed by atoms with van der Waals surface area (Å²) in [5, 5.41) is 13.1. The fraction of sp³-hybridized carbons (Fsp3) is 0.400. The summed E-state index contributed by atoms with van der Waals surface area (Å²) in [6, 6.07) is 18.6. The molecule has 7 heteroatoms. The Morgan fingerprint density at radius 1 is 0.969 bits per heavy atom. The number of aromatic nitrogens is 3. The molecule has 1 N–H and O–H groups in total. The van der Waals surface area contributed by atoms with Crippen LogP contribution in [0.15, 0.2) is 59.8 Å². The van der Waals surface area contributed by atoms with E-state index in [0.29, 0.717) is 18.2 Å². The summed E-state index contributed by atoms with van der Waals surface area (Å²) in [6.45, 7) is 2.14. The minimum Gasteiger partial charge on any atom is -0.341 e. The van der Waals surface area contributed by atoms with Gasteiger partial charge in [0.2, 0.25) is 11.9 Å². The van der Waals surface area contributed by atoms with E-state index in [1.165, 1.54) is 32.1 Å². The topological polar surface area (TPSA) is 63.1 Å². The van der Waals surface area contributed by atoms with Gasteiger partial charge in [-0.05, 0) is 43.7 Å². The van der Waals surface area contributed by atoms with E-state index in [1.807, 2.05) is 42.5 Å². The molecule has 0 radical (unpaired) electrons. The molecular formula is C25H29N5OS. The number of para-hydroxylation sites is 1. The monoisotopic (exact) mass is 447 g/mol. The van der Waals surface area contributed by atoms with Gasteiger partial charge in [-0.3, -0.25) is 9.36 Å². The van der Waals surface area contributed by atoms with Crippen molar-refractivity contribution in [2.45, 2.75) is 49.7 Å². The third-order valence-electron chi connectivity index (χ3n) is 6.04. The Balaban J connectivity index is 1.21. The second-order valence-electron chi connectivity index (χ2n) is 8.49. The Kier molecular flexibility index (Phi) is 6.44. The van der Waals surface area contributed by atoms with Gasteiger partial charge in [-0.15, -0.1) is 10.2 Å². The molecule has 0 atom stereocenters. The normalized spacial score (nSPS) is 16.2. The number of carbonyl (C=O) groups excluding carboxylic acids is 1. The van der Waals surface area contributed by atoms with Crippen LogP contribution in [0.1, 0.15) is 44.6 Å². The SMILES string of the molecule is O=C(CCSc1nnc(N2CCCCC2)n1C1CC1)Nc1ccccc1-c1ccccc1. The molecule has 3 aromatic rings. The third-order valence-corrected chi connectivity index (χ3v) is 6.99. The van der Waals surface area contributed by atoms with Gasteiger partial charge in [0, 0.05) is 42.6 Å². The molecule has 6 nitrogen and oxygen atoms in total. The lowest BCUT2D eigenvalue weighted by Crippen LogP contribution is -2.31. The van der Waals surface area contributed by atoms with Crippen LogP contribution in [0.3, 0.4) is 0 Å². The molecule has 2 aromatic carbocycles. The Morgan fingerprint density at radius 3 is 2.50 bits per heavy atom. The van der Waals surface area contributed by atoms with Crippen LogP contribution in [-0.4, -0.2) is 39.5 Å². The Bertz CT molecular complexity index is 1060. The highest BCUT2D eigenvalue weighted by Gasteiger charge is 2.32. The molecule has 2 fully saturated rings. The number of rotatable bonds is 8. The van der Waals surface area contributed by atoms with Gasteiger partial charge in [0.1, 0.15) is 0 Å². The number of thioether (sulfide) groups is 1. The molecule has 2 aliphatic rings. The molecule has 1 amide bonds. The van der Waals surface area contributed by atoms with Crippen LogP contribution in [0.25, 0.3) is 11.1 Å². The van der Waals surface area contributed by atoms with E-state index in [9.17, 15) is 4.79 Å². The number of hydrogen-bond donors (Lipinski definition) is 1. The van der Waals surface area contributed by atoms with Crippen molar-refractivity contribution in [1.29, 1.82) is 0 Å². The van der Waals surface area contributed by atoms with E-state index in [1.54, 1.807) is 11.8 Å². The third kappa shape index (κ3) is 4.83. The second kappa shape index (κ2) is 9.77. The summed E-state index contributed by atoms with van der Waals surface area (Å²) in [5.74, 6) is 1.73. The molecule has 0 spiro atoms. The standard InChI is InChI=1S/C25H29N5OS/c31-23(26-22-12-6-5-11-21(22)19-9-3-1-4-10-19)15-18-32-25-28-27-24(30(25)20-13-14-20)29-16-7-2-8-17-29/h1,3-6,9-12,20H,2,7-8,13-18H2,(H,26,31). The predicted octanol–water partition coefficient (Wildman–Crippen LogP) is 5.39. The number of piperidine rings is 1. The first-order valence-corrected chi connectivity index (χ1v) is 12.5. The Labute approximate surface area is 193 Å². The van der Waals surface area contributed by atoms with Crippen molar-refractivity contribution in [3.05, 3.63) is 54.6 Å². The number of amides is 1. The Hall–Kier alpha value is -2.80. The molecule has 1 aromatic heterocycles. The number of nitrogens with zero attached hydrogens (tertiary/aromatic N) is 4. The largest absolute Gasteiger partial charge is 0.341 e. The maximum Gasteiger partial charge on any atom is 0.228 e. The van der Waals surface area contributed by atoms with Gasteiger partial charge in [-0.2, -0.15) is 0 Å². The summed E-state index contributed by atoms with van der Waals surface area (Å²) in [4.78, 5) is 15.1. The highest BCUT2D eigenvalue weighted by atomic mass is 32.2. The van der Waals surface area contributed by atoms with E-state index in [4.69, 9.17) is 0 Å². The molecule has 166 valence electrons. The van der Waals surface area contributed by atoms with Crippen molar-refractivity contribution in [3.63, 3.8) is 0 Å². The van der Waals surface area contributed by atoms with Crippen molar-refractivity contribution >= 4 is 29.3 Å². The zero-order chi connectivity index (χ0) is 21.8. The zero-order valence-electron chi connectivity index (χ0n) is 18.2. The lowest BCUT2D eigenvalue weighted by atomic mass is 10.0. The summed E-state index contributed by atoms with van der Waals surface area (Å²) in [5.41, 5.74) is 2.98. The summed E-state index contributed by atoms with van der Waals surface area (Å²) >= 11 is 1.64. The lowest BCUT2D eigenvalue weighted by Gasteiger charge is -2.27. The minimum absolute atomic E-state index is 0.0228. The smallest absolute Gasteiger partial charge is 0.228 e. The first kappa shape index (κ1) is 21.1. The van der Waals surface area contributed by atoms with Gasteiger partial charge in [0.15, 0.2) is 5.16 Å². The molecule has 32 heavy (non-hydrogen) atoms. The molecule has 5 rings (SSSR count). The zero-order valence-corrected chi connectivity index (χ0v) is 19.1. The van der Waals surface area contributed by atoms with Crippen LogP contribution in [0.4, 0.5) is 11.6 Å². The van der Waals surface area contributed by atoms with E-state index in [0.717, 1.165) is 41.0 Å². The van der Waals surface area contributed by atoms with Crippen LogP contribution in [-0.2, 0) is 4.79 Å². The van der Waals surface area contributed by atoms with Gasteiger partial charge in [0.25, 0.3) is 0 Å². The number of carbonyl (C=O) groups is 1. The second-order valence-corrected chi connectivity index (χ2v) is 9.55. The molecular weight excluding hydrogens is 418 g/mol. The van der Waals surface area contributed by atoms with Crippen LogP contribution in [0.5, 0.6) is 0 Å². The van der Waals surface area contributed by atoms with Crippen molar-refractivity contribution < 1.29 is 4.79 Å². The van der Waals surface area contributed by atoms with Gasteiger partial charge in [-0.25, -0.2) is 0 Å². The van der Waals surface area contributed by atoms with E-state index in [-0.39, 0.29) is 5.91 Å². The average Bonchev–Trinajstić information content (AvgIpc) is 3.60. The van der Waals surface area contributed by atoms with Gasteiger partial charge < -0.3 is 10.2 Å². The lowest BCUT2D eigenvalue weighted by molar-refractivity contribution is -0.115. The van der Waals surface area contributed by atoms with Crippen molar-refractivity contribution in [2.75, 3.05) is 29.1 Å². The first-order valence-electron chi connectivity index (χ1n) is 11.6. The summed E-state index contributed by atoms with van der Waals surface area (Å²) in [7, 11) is 0. The van der Waals surface area contributed by atoms with Crippen LogP contribution in [0.2, 0.25) is 0 Å². The molecule has 0 unspecified atom stereocenters. The van der Waals surface area contributed by atoms with Crippen molar-refractivity contribution in [1.82, 2.24) is 14.8 Å². The highest BCUT2D eigenvalue weighted by molar-refractivity contribution is 7.99. The number of hydrogen-bond acceptors (Lipinski definition) is 5. The maximum atomic E-state index is 12.7. The molecule has 2 heterocycles. The van der Waals surface area contributed by atoms with E-state index >= 15 is 0 Å². The summed E-state index contributed by atoms with van der Waals surface area (Å²) in [6.07, 6.45) is 6.59. The van der Waals surface area contributed by atoms with E-state index in [2.05, 4.69) is 37.1 Å². The van der Waals surface area contributed by atoms with E-state index < -0.39 is 0 Å². The van der Waals surface area contributed by atoms with Gasteiger partial charge in [-0.1, -0.05) is 60.3 Å². The van der Waals surface area contributed by atoms with Crippen LogP contribution < -0.4 is 10.2 Å². The number of anilines is 2. The van der Waals surface area contributed by atoms with Crippen molar-refractivity contribution in [2.24, 2.45) is 0 Å². The highest BCUT2D eigenvalue weighted by Crippen LogP contribution is 2.41. The fourth-order valence-electron chi connectivity index (χ4n) is 4.24. The first-order chi connectivity index (χ1) is 15.8. The van der Waals surface area contributed by atoms with Gasteiger partial charge >= 0.3 is 0 Å². The quantitative estimate of drug-likeness (QED) is 0.469. The fourth-order valence-corrected chi connectivity index (χ4v) is 5.18. The number of nitrogens with one attached hydrogen (secondary N) is 1. The molecule has 1 aliphatic carbocycles. The number of benzene rings is 2. The molecule has 1 saturated carbocycles. The molecule has 0 bridgehead atoms. The van der Waals surface area contributed by atoms with Crippen LogP contribution >= 0.6 is 11.8 Å². The minimum atomic E-state index is 0.0228. The molecule has 1 aliphatic heterocycles. The average molecular weight is 448 g/mol. The summed E-state index contributed by atoms with van der Waals surface area (Å²) < 4.78 is 2.32.